The van der Waals surface area contributed by atoms with E-state index in [0.29, 0.717) is 18.8 Å². The van der Waals surface area contributed by atoms with E-state index in [1.54, 1.807) is 4.90 Å². The maximum absolute atomic E-state index is 12.8. The Balaban J connectivity index is 2.20. The molecule has 0 radical (unpaired) electrons. The summed E-state index contributed by atoms with van der Waals surface area (Å²) in [4.78, 5) is 14.1. The third kappa shape index (κ3) is 2.47. The molecule has 1 saturated heterocycles. The van der Waals surface area contributed by atoms with Crippen molar-refractivity contribution >= 4 is 5.91 Å². The number of nitrogens with zero attached hydrogens (tertiary/aromatic N) is 1. The van der Waals surface area contributed by atoms with Crippen LogP contribution in [0.1, 0.15) is 24.2 Å². The van der Waals surface area contributed by atoms with E-state index in [9.17, 15) is 9.18 Å². The Labute approximate surface area is 100 Å². The lowest BCUT2D eigenvalue weighted by atomic mass is 10.1. The van der Waals surface area contributed by atoms with Gasteiger partial charge in [0.05, 0.1) is 25.3 Å². The lowest BCUT2D eigenvalue weighted by molar-refractivity contribution is -0.0249. The van der Waals surface area contributed by atoms with E-state index in [1.807, 2.05) is 13.8 Å². The Kier molecular flexibility index (Phi) is 3.43. The molecule has 2 unspecified atom stereocenters. The van der Waals surface area contributed by atoms with Crippen LogP contribution in [0, 0.1) is 5.82 Å². The highest BCUT2D eigenvalue weighted by atomic mass is 19.1. The highest BCUT2D eigenvalue weighted by molar-refractivity contribution is 5.94. The number of halogens is 1. The van der Waals surface area contributed by atoms with Gasteiger partial charge in [-0.1, -0.05) is 0 Å². The fourth-order valence-electron chi connectivity index (χ4n) is 2.15. The van der Waals surface area contributed by atoms with E-state index in [1.165, 1.54) is 24.3 Å². The number of carbonyl (C=O) groups is 1. The van der Waals surface area contributed by atoms with Crippen molar-refractivity contribution < 1.29 is 13.9 Å². The summed E-state index contributed by atoms with van der Waals surface area (Å²) < 4.78 is 18.2. The van der Waals surface area contributed by atoms with E-state index < -0.39 is 0 Å². The maximum Gasteiger partial charge on any atom is 0.254 e. The second-order valence-electron chi connectivity index (χ2n) is 4.45. The van der Waals surface area contributed by atoms with Crippen LogP contribution >= 0.6 is 0 Å². The molecule has 2 atom stereocenters. The van der Waals surface area contributed by atoms with Crippen LogP contribution < -0.4 is 0 Å². The molecular weight excluding hydrogens is 221 g/mol. The lowest BCUT2D eigenvalue weighted by Crippen LogP contribution is -2.52. The van der Waals surface area contributed by atoms with Crippen LogP contribution in [0.5, 0.6) is 0 Å². The molecule has 1 aromatic rings. The van der Waals surface area contributed by atoms with Crippen LogP contribution in [-0.2, 0) is 4.74 Å². The van der Waals surface area contributed by atoms with E-state index in [-0.39, 0.29) is 23.8 Å². The fraction of sp³-hybridized carbons (Fsp3) is 0.462. The third-order valence-electron chi connectivity index (χ3n) is 2.99. The van der Waals surface area contributed by atoms with Gasteiger partial charge in [0.1, 0.15) is 5.82 Å². The van der Waals surface area contributed by atoms with Crippen LogP contribution in [0.4, 0.5) is 4.39 Å². The number of morpholine rings is 1. The number of ether oxygens (including phenoxy) is 1. The Morgan fingerprint density at radius 2 is 1.76 bits per heavy atom. The molecule has 0 saturated carbocycles. The van der Waals surface area contributed by atoms with E-state index >= 15 is 0 Å². The van der Waals surface area contributed by atoms with Crippen molar-refractivity contribution in [2.75, 3.05) is 13.2 Å². The van der Waals surface area contributed by atoms with Gasteiger partial charge in [0, 0.05) is 5.56 Å². The average Bonchev–Trinajstić information content (AvgIpc) is 2.29. The fourth-order valence-corrected chi connectivity index (χ4v) is 2.15. The van der Waals surface area contributed by atoms with Crippen LogP contribution in [0.25, 0.3) is 0 Å². The molecule has 1 aromatic carbocycles. The van der Waals surface area contributed by atoms with Crippen molar-refractivity contribution in [2.45, 2.75) is 25.9 Å². The molecule has 1 amide bonds. The Morgan fingerprint density at radius 3 is 2.29 bits per heavy atom. The average molecular weight is 237 g/mol. The van der Waals surface area contributed by atoms with Gasteiger partial charge in [-0.3, -0.25) is 4.79 Å². The second-order valence-corrected chi connectivity index (χ2v) is 4.45. The molecule has 0 aliphatic carbocycles. The number of benzene rings is 1. The SMILES string of the molecule is CC1COCC(C)N1C(=O)c1ccc(F)cc1. The molecule has 1 aliphatic heterocycles. The van der Waals surface area contributed by atoms with Gasteiger partial charge in [0.25, 0.3) is 5.91 Å². The molecule has 1 fully saturated rings. The normalized spacial score (nSPS) is 24.8. The van der Waals surface area contributed by atoms with Gasteiger partial charge in [-0.25, -0.2) is 4.39 Å². The molecule has 0 aromatic heterocycles. The maximum atomic E-state index is 12.8. The summed E-state index contributed by atoms with van der Waals surface area (Å²) in [6.45, 7) is 5.02. The third-order valence-corrected chi connectivity index (χ3v) is 2.99. The van der Waals surface area contributed by atoms with Gasteiger partial charge < -0.3 is 9.64 Å². The first-order valence-corrected chi connectivity index (χ1v) is 5.75. The summed E-state index contributed by atoms with van der Waals surface area (Å²) in [5.41, 5.74) is 0.520. The van der Waals surface area contributed by atoms with Gasteiger partial charge in [-0.15, -0.1) is 0 Å². The number of hydrogen-bond donors (Lipinski definition) is 0. The number of hydrogen-bond acceptors (Lipinski definition) is 2. The molecule has 0 bridgehead atoms. The minimum Gasteiger partial charge on any atom is -0.377 e. The highest BCUT2D eigenvalue weighted by Gasteiger charge is 2.30. The van der Waals surface area contributed by atoms with Crippen LogP contribution in [0.15, 0.2) is 24.3 Å². The Hall–Kier alpha value is -1.42. The van der Waals surface area contributed by atoms with E-state index in [4.69, 9.17) is 4.74 Å². The first-order valence-electron chi connectivity index (χ1n) is 5.75. The minimum absolute atomic E-state index is 0.0521. The first kappa shape index (κ1) is 12.0. The molecule has 0 spiro atoms. The summed E-state index contributed by atoms with van der Waals surface area (Å²) in [5.74, 6) is -0.391. The predicted octanol–water partition coefficient (Wildman–Crippen LogP) is 2.08. The van der Waals surface area contributed by atoms with Gasteiger partial charge >= 0.3 is 0 Å². The van der Waals surface area contributed by atoms with Gasteiger partial charge in [0.2, 0.25) is 0 Å². The molecular formula is C13H16FNO2. The molecule has 1 heterocycles. The van der Waals surface area contributed by atoms with Gasteiger partial charge in [0.15, 0.2) is 0 Å². The predicted molar refractivity (Wildman–Crippen MR) is 62.3 cm³/mol. The molecule has 92 valence electrons. The Bertz CT molecular complexity index is 394. The lowest BCUT2D eigenvalue weighted by Gasteiger charge is -2.38. The summed E-state index contributed by atoms with van der Waals surface area (Å²) in [5, 5.41) is 0. The Morgan fingerprint density at radius 1 is 1.24 bits per heavy atom. The molecule has 2 rings (SSSR count). The minimum atomic E-state index is -0.329. The van der Waals surface area contributed by atoms with Crippen LogP contribution in [0.3, 0.4) is 0 Å². The summed E-state index contributed by atoms with van der Waals surface area (Å²) in [6, 6.07) is 5.76. The summed E-state index contributed by atoms with van der Waals surface area (Å²) >= 11 is 0. The van der Waals surface area contributed by atoms with Crippen LogP contribution in [0.2, 0.25) is 0 Å². The largest absolute Gasteiger partial charge is 0.377 e. The van der Waals surface area contributed by atoms with Crippen molar-refractivity contribution in [3.05, 3.63) is 35.6 Å². The molecule has 3 nitrogen and oxygen atoms in total. The summed E-state index contributed by atoms with van der Waals surface area (Å²) in [7, 11) is 0. The summed E-state index contributed by atoms with van der Waals surface area (Å²) in [6.07, 6.45) is 0. The number of rotatable bonds is 1. The van der Waals surface area contributed by atoms with E-state index in [2.05, 4.69) is 0 Å². The molecule has 4 heteroatoms. The second kappa shape index (κ2) is 4.84. The topological polar surface area (TPSA) is 29.5 Å². The van der Waals surface area contributed by atoms with Crippen molar-refractivity contribution in [2.24, 2.45) is 0 Å². The zero-order chi connectivity index (χ0) is 12.4. The van der Waals surface area contributed by atoms with Gasteiger partial charge in [-0.2, -0.15) is 0 Å². The molecule has 17 heavy (non-hydrogen) atoms. The van der Waals surface area contributed by atoms with Gasteiger partial charge in [-0.05, 0) is 38.1 Å². The van der Waals surface area contributed by atoms with Crippen LogP contribution in [-0.4, -0.2) is 36.1 Å². The highest BCUT2D eigenvalue weighted by Crippen LogP contribution is 2.17. The number of amides is 1. The van der Waals surface area contributed by atoms with Crippen molar-refractivity contribution in [1.29, 1.82) is 0 Å². The standard InChI is InChI=1S/C13H16FNO2/c1-9-7-17-8-10(2)15(9)13(16)11-3-5-12(14)6-4-11/h3-6,9-10H,7-8H2,1-2H3. The van der Waals surface area contributed by atoms with E-state index in [0.717, 1.165) is 0 Å². The van der Waals surface area contributed by atoms with Crippen molar-refractivity contribution in [1.82, 2.24) is 4.90 Å². The quantitative estimate of drug-likeness (QED) is 0.748. The monoisotopic (exact) mass is 237 g/mol. The molecule has 0 N–H and O–H groups in total. The van der Waals surface area contributed by atoms with Crippen molar-refractivity contribution in [3.8, 4) is 0 Å². The zero-order valence-corrected chi connectivity index (χ0v) is 10.0. The van der Waals surface area contributed by atoms with Crippen molar-refractivity contribution in [3.63, 3.8) is 0 Å². The zero-order valence-electron chi connectivity index (χ0n) is 10.0. The first-order chi connectivity index (χ1) is 8.09. The molecule has 1 aliphatic rings. The number of carbonyl (C=O) groups excluding carboxylic acids is 1. The smallest absolute Gasteiger partial charge is 0.254 e.